The monoisotopic (exact) mass is 302 g/mol. The van der Waals surface area contributed by atoms with Gasteiger partial charge in [0.05, 0.1) is 10.5 Å². The summed E-state index contributed by atoms with van der Waals surface area (Å²) in [6.07, 6.45) is 0.718. The third-order valence-electron chi connectivity index (χ3n) is 3.22. The quantitative estimate of drug-likeness (QED) is 0.899. The second-order valence-corrected chi connectivity index (χ2v) is 6.10. The first-order chi connectivity index (χ1) is 9.22. The first kappa shape index (κ1) is 16.6. The molecule has 0 aliphatic heterocycles. The predicted octanol–water partition coefficient (Wildman–Crippen LogP) is 1.73. The molecule has 0 saturated carbocycles. The van der Waals surface area contributed by atoms with Gasteiger partial charge >= 0.3 is 0 Å². The van der Waals surface area contributed by atoms with Crippen molar-refractivity contribution in [2.75, 3.05) is 6.54 Å². The number of rotatable bonds is 5. The van der Waals surface area contributed by atoms with Gasteiger partial charge in [-0.15, -0.1) is 0 Å². The van der Waals surface area contributed by atoms with Gasteiger partial charge in [0, 0.05) is 12.6 Å². The van der Waals surface area contributed by atoms with Crippen LogP contribution in [0.4, 0.5) is 4.39 Å². The van der Waals surface area contributed by atoms with Crippen molar-refractivity contribution in [2.45, 2.75) is 38.1 Å². The minimum atomic E-state index is -3.97. The number of hydrogen-bond acceptors (Lipinski definition) is 3. The zero-order valence-corrected chi connectivity index (χ0v) is 12.6. The van der Waals surface area contributed by atoms with Crippen LogP contribution in [0.1, 0.15) is 37.6 Å². The van der Waals surface area contributed by atoms with Crippen molar-refractivity contribution in [3.8, 4) is 0 Å². The van der Waals surface area contributed by atoms with Crippen LogP contribution in [0.25, 0.3) is 0 Å². The number of hydrogen-bond donors (Lipinski definition) is 1. The van der Waals surface area contributed by atoms with Gasteiger partial charge in [0.25, 0.3) is 5.91 Å². The van der Waals surface area contributed by atoms with Crippen molar-refractivity contribution in [3.63, 3.8) is 0 Å². The molecule has 5 nitrogen and oxygen atoms in total. The first-order valence-corrected chi connectivity index (χ1v) is 7.90. The van der Waals surface area contributed by atoms with Crippen molar-refractivity contribution in [2.24, 2.45) is 5.14 Å². The van der Waals surface area contributed by atoms with Crippen LogP contribution >= 0.6 is 0 Å². The number of sulfonamides is 1. The van der Waals surface area contributed by atoms with E-state index in [1.54, 1.807) is 6.92 Å². The van der Waals surface area contributed by atoms with E-state index in [2.05, 4.69) is 0 Å². The van der Waals surface area contributed by atoms with E-state index in [1.165, 1.54) is 4.90 Å². The normalized spacial score (nSPS) is 13.1. The van der Waals surface area contributed by atoms with E-state index in [0.29, 0.717) is 6.54 Å². The smallest absolute Gasteiger partial charge is 0.257 e. The Kier molecular flexibility index (Phi) is 5.24. The van der Waals surface area contributed by atoms with E-state index in [0.717, 1.165) is 24.6 Å². The summed E-state index contributed by atoms with van der Waals surface area (Å²) in [5.74, 6) is -1.30. The Morgan fingerprint density at radius 1 is 1.40 bits per heavy atom. The van der Waals surface area contributed by atoms with Gasteiger partial charge in [-0.05, 0) is 38.5 Å². The number of nitrogens with zero attached hydrogens (tertiary/aromatic N) is 1. The maximum atomic E-state index is 13.8. The SMILES string of the molecule is CCC(C)N(CC)C(=O)c1cc(S(N)(=O)=O)ccc1F. The van der Waals surface area contributed by atoms with Crippen molar-refractivity contribution < 1.29 is 17.6 Å². The summed E-state index contributed by atoms with van der Waals surface area (Å²) < 4.78 is 36.3. The van der Waals surface area contributed by atoms with Gasteiger partial charge in [0.1, 0.15) is 5.82 Å². The standard InChI is InChI=1S/C13H19FN2O3S/c1-4-9(3)16(5-2)13(17)11-8-10(20(15,18)19)6-7-12(11)14/h6-9H,4-5H2,1-3H3,(H2,15,18,19). The predicted molar refractivity (Wildman–Crippen MR) is 74.2 cm³/mol. The van der Waals surface area contributed by atoms with E-state index in [1.807, 2.05) is 13.8 Å². The number of carbonyl (C=O) groups excluding carboxylic acids is 1. The number of primary sulfonamides is 1. The maximum absolute atomic E-state index is 13.8. The Morgan fingerprint density at radius 3 is 2.45 bits per heavy atom. The molecule has 0 aromatic heterocycles. The topological polar surface area (TPSA) is 80.5 Å². The van der Waals surface area contributed by atoms with Crippen LogP contribution in [0.15, 0.2) is 23.1 Å². The highest BCUT2D eigenvalue weighted by atomic mass is 32.2. The lowest BCUT2D eigenvalue weighted by molar-refractivity contribution is 0.0695. The second-order valence-electron chi connectivity index (χ2n) is 4.54. The van der Waals surface area contributed by atoms with Crippen LogP contribution in [0, 0.1) is 5.82 Å². The Morgan fingerprint density at radius 2 is 2.00 bits per heavy atom. The highest BCUT2D eigenvalue weighted by molar-refractivity contribution is 7.89. The van der Waals surface area contributed by atoms with Gasteiger partial charge in [0.15, 0.2) is 0 Å². The molecule has 1 rings (SSSR count). The molecule has 1 aromatic rings. The van der Waals surface area contributed by atoms with Crippen LogP contribution in [0.3, 0.4) is 0 Å². The average Bonchev–Trinajstić information content (AvgIpc) is 2.38. The van der Waals surface area contributed by atoms with Crippen molar-refractivity contribution in [1.29, 1.82) is 0 Å². The molecule has 0 saturated heterocycles. The number of amides is 1. The molecule has 1 aromatic carbocycles. The van der Waals surface area contributed by atoms with Crippen LogP contribution < -0.4 is 5.14 Å². The number of halogens is 1. The summed E-state index contributed by atoms with van der Waals surface area (Å²) in [6, 6.07) is 2.90. The summed E-state index contributed by atoms with van der Waals surface area (Å²) in [6.45, 7) is 5.96. The minimum absolute atomic E-state index is 0.0648. The van der Waals surface area contributed by atoms with E-state index in [4.69, 9.17) is 5.14 Å². The second kappa shape index (κ2) is 6.32. The third kappa shape index (κ3) is 3.55. The number of nitrogens with two attached hydrogens (primary N) is 1. The Hall–Kier alpha value is -1.47. The molecular weight excluding hydrogens is 283 g/mol. The fourth-order valence-corrected chi connectivity index (χ4v) is 2.42. The Labute approximate surface area is 118 Å². The lowest BCUT2D eigenvalue weighted by Gasteiger charge is -2.27. The summed E-state index contributed by atoms with van der Waals surface area (Å²) >= 11 is 0. The van der Waals surface area contributed by atoms with Crippen LogP contribution in [-0.4, -0.2) is 31.8 Å². The highest BCUT2D eigenvalue weighted by Gasteiger charge is 2.23. The van der Waals surface area contributed by atoms with Gasteiger partial charge in [-0.25, -0.2) is 17.9 Å². The number of benzene rings is 1. The fraction of sp³-hybridized carbons (Fsp3) is 0.462. The van der Waals surface area contributed by atoms with Gasteiger partial charge in [-0.1, -0.05) is 6.92 Å². The van der Waals surface area contributed by atoms with Crippen molar-refractivity contribution in [1.82, 2.24) is 4.90 Å². The molecule has 1 unspecified atom stereocenters. The Bertz CT molecular complexity index is 602. The molecule has 0 spiro atoms. The molecule has 0 fully saturated rings. The van der Waals surface area contributed by atoms with Gasteiger partial charge in [-0.2, -0.15) is 0 Å². The van der Waals surface area contributed by atoms with Crippen molar-refractivity contribution in [3.05, 3.63) is 29.6 Å². The number of carbonyl (C=O) groups is 1. The highest BCUT2D eigenvalue weighted by Crippen LogP contribution is 2.18. The Balaban J connectivity index is 3.28. The summed E-state index contributed by atoms with van der Waals surface area (Å²) in [7, 11) is -3.97. The summed E-state index contributed by atoms with van der Waals surface area (Å²) in [4.78, 5) is 13.5. The van der Waals surface area contributed by atoms with Crippen LogP contribution in [0.2, 0.25) is 0 Å². The van der Waals surface area contributed by atoms with Gasteiger partial charge in [0.2, 0.25) is 10.0 Å². The molecule has 1 atom stereocenters. The molecule has 0 radical (unpaired) electrons. The van der Waals surface area contributed by atoms with E-state index in [-0.39, 0.29) is 16.5 Å². The minimum Gasteiger partial charge on any atom is -0.336 e. The molecule has 20 heavy (non-hydrogen) atoms. The van der Waals surface area contributed by atoms with Crippen LogP contribution in [-0.2, 0) is 10.0 Å². The summed E-state index contributed by atoms with van der Waals surface area (Å²) in [5, 5.41) is 5.00. The molecule has 1 amide bonds. The van der Waals surface area contributed by atoms with Crippen LogP contribution in [0.5, 0.6) is 0 Å². The first-order valence-electron chi connectivity index (χ1n) is 6.35. The molecule has 7 heteroatoms. The molecule has 2 N–H and O–H groups in total. The average molecular weight is 302 g/mol. The van der Waals surface area contributed by atoms with E-state index >= 15 is 0 Å². The zero-order chi connectivity index (χ0) is 15.5. The van der Waals surface area contributed by atoms with E-state index in [9.17, 15) is 17.6 Å². The molecule has 0 heterocycles. The lowest BCUT2D eigenvalue weighted by Crippen LogP contribution is -2.38. The fourth-order valence-electron chi connectivity index (χ4n) is 1.88. The van der Waals surface area contributed by atoms with Crippen molar-refractivity contribution >= 4 is 15.9 Å². The van der Waals surface area contributed by atoms with Gasteiger partial charge in [-0.3, -0.25) is 4.79 Å². The lowest BCUT2D eigenvalue weighted by atomic mass is 10.1. The maximum Gasteiger partial charge on any atom is 0.257 e. The largest absolute Gasteiger partial charge is 0.336 e. The molecule has 112 valence electrons. The van der Waals surface area contributed by atoms with E-state index < -0.39 is 21.7 Å². The van der Waals surface area contributed by atoms with Gasteiger partial charge < -0.3 is 4.90 Å². The molecular formula is C13H19FN2O3S. The molecule has 0 aliphatic rings. The molecule has 0 bridgehead atoms. The molecule has 0 aliphatic carbocycles. The zero-order valence-electron chi connectivity index (χ0n) is 11.8. The summed E-state index contributed by atoms with van der Waals surface area (Å²) in [5.41, 5.74) is -0.279. The third-order valence-corrected chi connectivity index (χ3v) is 4.13.